The molecule has 0 spiro atoms. The van der Waals surface area contributed by atoms with E-state index in [1.165, 1.54) is 25.3 Å². The van der Waals surface area contributed by atoms with Crippen molar-refractivity contribution in [1.29, 1.82) is 0 Å². The molecule has 0 aliphatic carbocycles. The number of phenolic OH excluding ortho intramolecular Hbond substituents is 1. The molecule has 1 aromatic rings. The molecular formula is C15H23NO4. The van der Waals surface area contributed by atoms with Gasteiger partial charge in [-0.3, -0.25) is 0 Å². The number of hydrogen-bond donors (Lipinski definition) is 1. The first kappa shape index (κ1) is 16.3. The zero-order valence-electron chi connectivity index (χ0n) is 12.4. The lowest BCUT2D eigenvalue weighted by Gasteiger charge is -2.17. The number of carbonyl (C=O) groups is 1. The Balaban J connectivity index is 2.43. The summed E-state index contributed by atoms with van der Waals surface area (Å²) in [5.74, 6) is -0.129. The highest BCUT2D eigenvalue weighted by atomic mass is 16.5. The monoisotopic (exact) mass is 281 g/mol. The molecule has 0 heterocycles. The molecule has 0 aliphatic rings. The maximum absolute atomic E-state index is 11.8. The molecule has 0 aromatic heterocycles. The average molecular weight is 281 g/mol. The predicted molar refractivity (Wildman–Crippen MR) is 77.3 cm³/mol. The molecule has 1 aromatic carbocycles. The van der Waals surface area contributed by atoms with Gasteiger partial charge < -0.3 is 19.5 Å². The zero-order chi connectivity index (χ0) is 15.0. The van der Waals surface area contributed by atoms with Gasteiger partial charge in [-0.2, -0.15) is 0 Å². The van der Waals surface area contributed by atoms with Crippen LogP contribution in [0.3, 0.4) is 0 Å². The molecular weight excluding hydrogens is 258 g/mol. The maximum atomic E-state index is 11.8. The van der Waals surface area contributed by atoms with Crippen molar-refractivity contribution < 1.29 is 19.4 Å². The molecule has 5 heteroatoms. The molecule has 112 valence electrons. The number of rotatable bonds is 8. The van der Waals surface area contributed by atoms with E-state index in [1.807, 2.05) is 0 Å². The molecule has 0 atom stereocenters. The first-order chi connectivity index (χ1) is 9.62. The highest BCUT2D eigenvalue weighted by Crippen LogP contribution is 2.26. The quantitative estimate of drug-likeness (QED) is 0.585. The predicted octanol–water partition coefficient (Wildman–Crippen LogP) is 2.29. The number of hydrogen-bond acceptors (Lipinski definition) is 5. The molecule has 5 nitrogen and oxygen atoms in total. The second-order valence-corrected chi connectivity index (χ2v) is 4.40. The van der Waals surface area contributed by atoms with E-state index < -0.39 is 5.97 Å². The topological polar surface area (TPSA) is 59.0 Å². The fourth-order valence-corrected chi connectivity index (χ4v) is 1.88. The highest BCUT2D eigenvalue weighted by molar-refractivity contribution is 5.90. The Kier molecular flexibility index (Phi) is 6.87. The van der Waals surface area contributed by atoms with Crippen LogP contribution in [-0.4, -0.2) is 49.3 Å². The summed E-state index contributed by atoms with van der Waals surface area (Å²) in [6, 6.07) is 4.41. The van der Waals surface area contributed by atoms with Crippen molar-refractivity contribution in [2.75, 3.05) is 33.4 Å². The molecule has 1 rings (SSSR count). The number of carbonyl (C=O) groups excluding carboxylic acids is 1. The van der Waals surface area contributed by atoms with Gasteiger partial charge >= 0.3 is 5.97 Å². The second-order valence-electron chi connectivity index (χ2n) is 4.40. The Morgan fingerprint density at radius 3 is 2.60 bits per heavy atom. The summed E-state index contributed by atoms with van der Waals surface area (Å²) in [6.45, 7) is 7.52. The molecule has 0 bridgehead atoms. The fourth-order valence-electron chi connectivity index (χ4n) is 1.88. The number of nitrogens with zero attached hydrogens (tertiary/aromatic N) is 1. The summed E-state index contributed by atoms with van der Waals surface area (Å²) in [5.41, 5.74) is 0.377. The summed E-state index contributed by atoms with van der Waals surface area (Å²) in [4.78, 5) is 14.1. The van der Waals surface area contributed by atoms with E-state index >= 15 is 0 Å². The van der Waals surface area contributed by atoms with E-state index in [9.17, 15) is 9.90 Å². The lowest BCUT2D eigenvalue weighted by atomic mass is 10.2. The molecule has 0 saturated heterocycles. The number of benzene rings is 1. The van der Waals surface area contributed by atoms with Crippen LogP contribution in [0, 0.1) is 0 Å². The molecule has 0 radical (unpaired) electrons. The van der Waals surface area contributed by atoms with Gasteiger partial charge in [0.15, 0.2) is 11.5 Å². The van der Waals surface area contributed by atoms with E-state index in [0.29, 0.717) is 12.2 Å². The number of phenols is 1. The van der Waals surface area contributed by atoms with Crippen LogP contribution in [0.2, 0.25) is 0 Å². The van der Waals surface area contributed by atoms with Crippen LogP contribution >= 0.6 is 0 Å². The number of esters is 1. The second kappa shape index (κ2) is 8.43. The lowest BCUT2D eigenvalue weighted by Crippen LogP contribution is -2.25. The van der Waals surface area contributed by atoms with Crippen LogP contribution in [0.5, 0.6) is 11.5 Å². The van der Waals surface area contributed by atoms with Crippen LogP contribution in [0.1, 0.15) is 30.6 Å². The minimum Gasteiger partial charge on any atom is -0.504 e. The fraction of sp³-hybridized carbons (Fsp3) is 0.533. The van der Waals surface area contributed by atoms with Crippen molar-refractivity contribution in [2.24, 2.45) is 0 Å². The summed E-state index contributed by atoms with van der Waals surface area (Å²) in [7, 11) is 1.44. The smallest absolute Gasteiger partial charge is 0.338 e. The van der Waals surface area contributed by atoms with Crippen LogP contribution in [0.4, 0.5) is 0 Å². The standard InChI is InChI=1S/C15H23NO4/c1-4-16(5-2)9-6-10-20-15(18)12-7-8-13(17)14(11-12)19-3/h7-8,11,17H,4-6,9-10H2,1-3H3. The van der Waals surface area contributed by atoms with E-state index in [4.69, 9.17) is 9.47 Å². The largest absolute Gasteiger partial charge is 0.504 e. The third-order valence-electron chi connectivity index (χ3n) is 3.16. The molecule has 1 N–H and O–H groups in total. The lowest BCUT2D eigenvalue weighted by molar-refractivity contribution is 0.0489. The normalized spacial score (nSPS) is 10.6. The minimum atomic E-state index is -0.400. The molecule has 0 unspecified atom stereocenters. The van der Waals surface area contributed by atoms with Gasteiger partial charge in [0.2, 0.25) is 0 Å². The first-order valence-electron chi connectivity index (χ1n) is 6.88. The molecule has 0 saturated carbocycles. The number of ether oxygens (including phenoxy) is 2. The van der Waals surface area contributed by atoms with Crippen LogP contribution in [-0.2, 0) is 4.74 Å². The molecule has 0 amide bonds. The average Bonchev–Trinajstić information content (AvgIpc) is 2.47. The Bertz CT molecular complexity index is 430. The van der Waals surface area contributed by atoms with Gasteiger partial charge in [0.25, 0.3) is 0 Å². The van der Waals surface area contributed by atoms with Crippen LogP contribution in [0.15, 0.2) is 18.2 Å². The van der Waals surface area contributed by atoms with Gasteiger partial charge in [0, 0.05) is 6.54 Å². The van der Waals surface area contributed by atoms with Crippen LogP contribution < -0.4 is 4.74 Å². The summed E-state index contributed by atoms with van der Waals surface area (Å²) in [5, 5.41) is 9.46. The Labute approximate surface area is 120 Å². The highest BCUT2D eigenvalue weighted by Gasteiger charge is 2.11. The van der Waals surface area contributed by atoms with E-state index in [1.54, 1.807) is 0 Å². The Hall–Kier alpha value is -1.75. The van der Waals surface area contributed by atoms with E-state index in [0.717, 1.165) is 26.1 Å². The van der Waals surface area contributed by atoms with Gasteiger partial charge in [0.05, 0.1) is 19.3 Å². The van der Waals surface area contributed by atoms with E-state index in [-0.39, 0.29) is 11.5 Å². The van der Waals surface area contributed by atoms with Gasteiger partial charge in [-0.1, -0.05) is 13.8 Å². The van der Waals surface area contributed by atoms with Crippen molar-refractivity contribution in [1.82, 2.24) is 4.90 Å². The SMILES string of the molecule is CCN(CC)CCCOC(=O)c1ccc(O)c(OC)c1. The Morgan fingerprint density at radius 2 is 2.00 bits per heavy atom. The van der Waals surface area contributed by atoms with Gasteiger partial charge in [-0.15, -0.1) is 0 Å². The molecule has 20 heavy (non-hydrogen) atoms. The minimum absolute atomic E-state index is 0.00517. The van der Waals surface area contributed by atoms with E-state index in [2.05, 4.69) is 18.7 Å². The maximum Gasteiger partial charge on any atom is 0.338 e. The molecule has 0 aliphatic heterocycles. The first-order valence-corrected chi connectivity index (χ1v) is 6.88. The zero-order valence-corrected chi connectivity index (χ0v) is 12.4. The van der Waals surface area contributed by atoms with Crippen molar-refractivity contribution in [3.05, 3.63) is 23.8 Å². The van der Waals surface area contributed by atoms with Crippen molar-refractivity contribution in [2.45, 2.75) is 20.3 Å². The third-order valence-corrected chi connectivity index (χ3v) is 3.16. The summed E-state index contributed by atoms with van der Waals surface area (Å²) < 4.78 is 10.2. The number of methoxy groups -OCH3 is 1. The third kappa shape index (κ3) is 4.74. The summed E-state index contributed by atoms with van der Waals surface area (Å²) >= 11 is 0. The van der Waals surface area contributed by atoms with Gasteiger partial charge in [-0.25, -0.2) is 4.79 Å². The van der Waals surface area contributed by atoms with Gasteiger partial charge in [-0.05, 0) is 37.7 Å². The number of aromatic hydroxyl groups is 1. The van der Waals surface area contributed by atoms with Crippen molar-refractivity contribution in [3.63, 3.8) is 0 Å². The Morgan fingerprint density at radius 1 is 1.30 bits per heavy atom. The summed E-state index contributed by atoms with van der Waals surface area (Å²) in [6.07, 6.45) is 0.808. The van der Waals surface area contributed by atoms with Crippen molar-refractivity contribution in [3.8, 4) is 11.5 Å². The molecule has 0 fully saturated rings. The van der Waals surface area contributed by atoms with Crippen molar-refractivity contribution >= 4 is 5.97 Å². The van der Waals surface area contributed by atoms with Crippen LogP contribution in [0.25, 0.3) is 0 Å². The van der Waals surface area contributed by atoms with Gasteiger partial charge in [0.1, 0.15) is 0 Å².